The summed E-state index contributed by atoms with van der Waals surface area (Å²) in [4.78, 5) is 11.9. The lowest BCUT2D eigenvalue weighted by molar-refractivity contribution is -0.128. The van der Waals surface area contributed by atoms with Gasteiger partial charge in [0, 0.05) is 0 Å². The van der Waals surface area contributed by atoms with E-state index in [9.17, 15) is 4.79 Å². The Bertz CT molecular complexity index is 443. The van der Waals surface area contributed by atoms with E-state index in [-0.39, 0.29) is 12.2 Å². The molecule has 1 aromatic rings. The average molecular weight is 294 g/mol. The molecule has 0 bridgehead atoms. The van der Waals surface area contributed by atoms with Crippen LogP contribution in [0.2, 0.25) is 0 Å². The molecule has 0 heterocycles. The summed E-state index contributed by atoms with van der Waals surface area (Å²) in [6.07, 6.45) is 0. The summed E-state index contributed by atoms with van der Waals surface area (Å²) in [6.45, 7) is 6.99. The van der Waals surface area contributed by atoms with Crippen molar-refractivity contribution in [3.63, 3.8) is 0 Å². The van der Waals surface area contributed by atoms with Crippen molar-refractivity contribution in [1.82, 2.24) is 5.32 Å². The molecule has 0 saturated carbocycles. The fraction of sp³-hybridized carbons (Fsp3) is 0.562. The zero-order chi connectivity index (χ0) is 15.9. The Balaban J connectivity index is 2.66. The van der Waals surface area contributed by atoms with Crippen molar-refractivity contribution in [3.05, 3.63) is 35.9 Å². The zero-order valence-corrected chi connectivity index (χ0v) is 13.3. The van der Waals surface area contributed by atoms with E-state index < -0.39 is 11.4 Å². The van der Waals surface area contributed by atoms with Crippen LogP contribution in [0.3, 0.4) is 0 Å². The molecule has 1 unspecified atom stereocenters. The van der Waals surface area contributed by atoms with Gasteiger partial charge in [-0.1, -0.05) is 30.3 Å². The number of nitrogens with two attached hydrogens (primary N) is 1. The third-order valence-corrected chi connectivity index (χ3v) is 3.20. The zero-order valence-electron chi connectivity index (χ0n) is 13.3. The minimum Gasteiger partial charge on any atom is -0.376 e. The molecule has 0 fully saturated rings. The molecule has 3 N–H and O–H groups in total. The van der Waals surface area contributed by atoms with E-state index in [1.165, 1.54) is 0 Å². The molecule has 5 heteroatoms. The number of amides is 1. The standard InChI is InChI=1S/C16H26N2O3/c1-15(2,3)21-11-10-20-12-16(18-4,14(17)19)13-8-6-5-7-9-13/h5-9,18H,10-12H2,1-4H3,(H2,17,19). The molecule has 1 aromatic carbocycles. The highest BCUT2D eigenvalue weighted by Gasteiger charge is 2.37. The van der Waals surface area contributed by atoms with Crippen LogP contribution in [0.1, 0.15) is 26.3 Å². The van der Waals surface area contributed by atoms with Gasteiger partial charge in [0.25, 0.3) is 0 Å². The summed E-state index contributed by atoms with van der Waals surface area (Å²) in [5.74, 6) is -0.465. The second-order valence-corrected chi connectivity index (χ2v) is 5.90. The van der Waals surface area contributed by atoms with Gasteiger partial charge in [0.2, 0.25) is 5.91 Å². The van der Waals surface area contributed by atoms with E-state index in [1.54, 1.807) is 7.05 Å². The quantitative estimate of drug-likeness (QED) is 0.711. The maximum atomic E-state index is 11.9. The van der Waals surface area contributed by atoms with Crippen LogP contribution in [0.15, 0.2) is 30.3 Å². The van der Waals surface area contributed by atoms with Crippen LogP contribution >= 0.6 is 0 Å². The van der Waals surface area contributed by atoms with E-state index in [1.807, 2.05) is 51.1 Å². The lowest BCUT2D eigenvalue weighted by Crippen LogP contribution is -2.54. The third kappa shape index (κ3) is 5.12. The van der Waals surface area contributed by atoms with Gasteiger partial charge < -0.3 is 20.5 Å². The topological polar surface area (TPSA) is 73.6 Å². The number of hydrogen-bond donors (Lipinski definition) is 2. The number of primary amides is 1. The molecular formula is C16H26N2O3. The highest BCUT2D eigenvalue weighted by atomic mass is 16.5. The number of hydrogen-bond acceptors (Lipinski definition) is 4. The van der Waals surface area contributed by atoms with Crippen molar-refractivity contribution in [2.24, 2.45) is 5.73 Å². The first kappa shape index (κ1) is 17.6. The second-order valence-electron chi connectivity index (χ2n) is 5.90. The van der Waals surface area contributed by atoms with Gasteiger partial charge in [-0.2, -0.15) is 0 Å². The molecule has 0 radical (unpaired) electrons. The van der Waals surface area contributed by atoms with Crippen LogP contribution < -0.4 is 11.1 Å². The number of likely N-dealkylation sites (N-methyl/N-ethyl adjacent to an activating group) is 1. The van der Waals surface area contributed by atoms with Gasteiger partial charge in [0.15, 0.2) is 0 Å². The van der Waals surface area contributed by atoms with Crippen molar-refractivity contribution in [2.75, 3.05) is 26.9 Å². The monoisotopic (exact) mass is 294 g/mol. The van der Waals surface area contributed by atoms with Gasteiger partial charge in [0.05, 0.1) is 25.4 Å². The van der Waals surface area contributed by atoms with Gasteiger partial charge in [-0.3, -0.25) is 4.79 Å². The van der Waals surface area contributed by atoms with Crippen molar-refractivity contribution >= 4 is 5.91 Å². The molecule has 0 spiro atoms. The number of benzene rings is 1. The molecule has 5 nitrogen and oxygen atoms in total. The molecule has 1 amide bonds. The third-order valence-electron chi connectivity index (χ3n) is 3.20. The highest BCUT2D eigenvalue weighted by Crippen LogP contribution is 2.21. The first-order chi connectivity index (χ1) is 9.82. The van der Waals surface area contributed by atoms with E-state index in [0.717, 1.165) is 5.56 Å². The summed E-state index contributed by atoms with van der Waals surface area (Å²) in [5, 5.41) is 3.00. The summed E-state index contributed by atoms with van der Waals surface area (Å²) < 4.78 is 11.2. The maximum Gasteiger partial charge on any atom is 0.244 e. The predicted octanol–water partition coefficient (Wildman–Crippen LogP) is 1.42. The summed E-state index contributed by atoms with van der Waals surface area (Å²) in [6, 6.07) is 9.34. The number of nitrogens with one attached hydrogen (secondary N) is 1. The minimum atomic E-state index is -1.02. The minimum absolute atomic E-state index is 0.163. The van der Waals surface area contributed by atoms with Crippen molar-refractivity contribution < 1.29 is 14.3 Å². The first-order valence-electron chi connectivity index (χ1n) is 7.08. The fourth-order valence-electron chi connectivity index (χ4n) is 1.99. The number of carbonyl (C=O) groups is 1. The molecule has 0 aromatic heterocycles. The SMILES string of the molecule is CNC(COCCOC(C)(C)C)(C(N)=O)c1ccccc1. The predicted molar refractivity (Wildman–Crippen MR) is 82.9 cm³/mol. The van der Waals surface area contributed by atoms with Gasteiger partial charge in [-0.15, -0.1) is 0 Å². The molecule has 0 aliphatic carbocycles. The van der Waals surface area contributed by atoms with Gasteiger partial charge in [-0.05, 0) is 33.4 Å². The number of rotatable bonds is 8. The maximum absolute atomic E-state index is 11.9. The Morgan fingerprint density at radius 2 is 1.81 bits per heavy atom. The van der Waals surface area contributed by atoms with Crippen LogP contribution in [0.5, 0.6) is 0 Å². The van der Waals surface area contributed by atoms with Crippen molar-refractivity contribution in [3.8, 4) is 0 Å². The van der Waals surface area contributed by atoms with Crippen molar-refractivity contribution in [1.29, 1.82) is 0 Å². The summed E-state index contributed by atoms with van der Waals surface area (Å²) in [7, 11) is 1.70. The van der Waals surface area contributed by atoms with Crippen LogP contribution in [-0.2, 0) is 19.8 Å². The number of carbonyl (C=O) groups excluding carboxylic acids is 1. The van der Waals surface area contributed by atoms with E-state index >= 15 is 0 Å². The Morgan fingerprint density at radius 3 is 2.29 bits per heavy atom. The molecule has 0 aliphatic heterocycles. The molecule has 1 rings (SSSR count). The highest BCUT2D eigenvalue weighted by molar-refractivity contribution is 5.86. The largest absolute Gasteiger partial charge is 0.376 e. The van der Waals surface area contributed by atoms with Crippen LogP contribution in [0.4, 0.5) is 0 Å². The summed E-state index contributed by atoms with van der Waals surface area (Å²) in [5.41, 5.74) is 5.15. The van der Waals surface area contributed by atoms with Crippen molar-refractivity contribution in [2.45, 2.75) is 31.9 Å². The molecule has 1 atom stereocenters. The first-order valence-corrected chi connectivity index (χ1v) is 7.08. The van der Waals surface area contributed by atoms with E-state index in [2.05, 4.69) is 5.32 Å². The Morgan fingerprint density at radius 1 is 1.19 bits per heavy atom. The van der Waals surface area contributed by atoms with Gasteiger partial charge in [-0.25, -0.2) is 0 Å². The number of ether oxygens (including phenoxy) is 2. The van der Waals surface area contributed by atoms with E-state index in [4.69, 9.17) is 15.2 Å². The molecule has 21 heavy (non-hydrogen) atoms. The van der Waals surface area contributed by atoms with E-state index in [0.29, 0.717) is 13.2 Å². The summed E-state index contributed by atoms with van der Waals surface area (Å²) >= 11 is 0. The normalized spacial score (nSPS) is 14.7. The average Bonchev–Trinajstić information content (AvgIpc) is 2.42. The van der Waals surface area contributed by atoms with Gasteiger partial charge in [0.1, 0.15) is 5.54 Å². The molecule has 0 aliphatic rings. The Labute approximate surface area is 126 Å². The molecular weight excluding hydrogens is 268 g/mol. The fourth-order valence-corrected chi connectivity index (χ4v) is 1.99. The molecule has 118 valence electrons. The van der Waals surface area contributed by atoms with Crippen LogP contribution in [0, 0.1) is 0 Å². The Hall–Kier alpha value is -1.43. The Kier molecular flexibility index (Phi) is 6.33. The van der Waals surface area contributed by atoms with Gasteiger partial charge >= 0.3 is 0 Å². The second kappa shape index (κ2) is 7.54. The lowest BCUT2D eigenvalue weighted by atomic mass is 9.90. The van der Waals surface area contributed by atoms with Crippen LogP contribution in [-0.4, -0.2) is 38.4 Å². The lowest BCUT2D eigenvalue weighted by Gasteiger charge is -2.30. The van der Waals surface area contributed by atoms with Crippen LogP contribution in [0.25, 0.3) is 0 Å². The smallest absolute Gasteiger partial charge is 0.244 e. The molecule has 0 saturated heterocycles.